The number of rotatable bonds is 6. The zero-order chi connectivity index (χ0) is 22.6. The Morgan fingerprint density at radius 2 is 1.71 bits per heavy atom. The van der Waals surface area contributed by atoms with E-state index >= 15 is 0 Å². The fourth-order valence-electron chi connectivity index (χ4n) is 2.81. The van der Waals surface area contributed by atoms with Gasteiger partial charge >= 0.3 is 6.18 Å². The quantitative estimate of drug-likeness (QED) is 0.448. The third-order valence-electron chi connectivity index (χ3n) is 4.30. The van der Waals surface area contributed by atoms with Crippen LogP contribution in [0, 0.1) is 5.82 Å². The van der Waals surface area contributed by atoms with Gasteiger partial charge in [-0.15, -0.1) is 0 Å². The molecular weight excluding hydrogens is 416 g/mol. The largest absolute Gasteiger partial charge is 0.457 e. The molecular formula is C22H16F4N2O3. The number of ketones is 1. The summed E-state index contributed by atoms with van der Waals surface area (Å²) in [5.41, 5.74) is -1.30. The molecule has 0 aliphatic rings. The molecule has 1 heterocycles. The molecule has 0 fully saturated rings. The molecule has 0 radical (unpaired) electrons. The summed E-state index contributed by atoms with van der Waals surface area (Å²) >= 11 is 0. The molecule has 9 heteroatoms. The van der Waals surface area contributed by atoms with Crippen molar-refractivity contribution in [1.29, 1.82) is 0 Å². The Morgan fingerprint density at radius 1 is 1.00 bits per heavy atom. The number of pyridine rings is 1. The summed E-state index contributed by atoms with van der Waals surface area (Å²) in [5, 5.41) is 2.45. The minimum atomic E-state index is -4.77. The number of amides is 1. The van der Waals surface area contributed by atoms with Gasteiger partial charge < -0.3 is 10.1 Å². The van der Waals surface area contributed by atoms with E-state index in [2.05, 4.69) is 10.3 Å². The minimum Gasteiger partial charge on any atom is -0.457 e. The van der Waals surface area contributed by atoms with Gasteiger partial charge in [-0.3, -0.25) is 14.6 Å². The van der Waals surface area contributed by atoms with Gasteiger partial charge in [0.2, 0.25) is 0 Å². The molecule has 2 aromatic carbocycles. The van der Waals surface area contributed by atoms with E-state index in [0.29, 0.717) is 35.3 Å². The van der Waals surface area contributed by atoms with Crippen molar-refractivity contribution in [2.45, 2.75) is 12.6 Å². The number of carbonyl (C=O) groups is 2. The van der Waals surface area contributed by atoms with Crippen LogP contribution in [0.5, 0.6) is 11.5 Å². The van der Waals surface area contributed by atoms with Gasteiger partial charge in [-0.05, 0) is 42.0 Å². The molecule has 5 nitrogen and oxygen atoms in total. The van der Waals surface area contributed by atoms with Gasteiger partial charge in [-0.25, -0.2) is 4.39 Å². The fraction of sp³-hybridized carbons (Fsp3) is 0.136. The van der Waals surface area contributed by atoms with E-state index in [1.54, 1.807) is 6.07 Å². The number of hydrogen-bond acceptors (Lipinski definition) is 4. The van der Waals surface area contributed by atoms with E-state index in [1.165, 1.54) is 43.6 Å². The zero-order valence-corrected chi connectivity index (χ0v) is 16.2. The minimum absolute atomic E-state index is 0.165. The summed E-state index contributed by atoms with van der Waals surface area (Å²) < 4.78 is 58.4. The molecule has 0 atom stereocenters. The van der Waals surface area contributed by atoms with Gasteiger partial charge in [0.05, 0.1) is 5.56 Å². The highest BCUT2D eigenvalue weighted by Gasteiger charge is 2.35. The Hall–Kier alpha value is -3.75. The highest BCUT2D eigenvalue weighted by molar-refractivity contribution is 5.99. The molecule has 0 saturated heterocycles. The van der Waals surface area contributed by atoms with Crippen LogP contribution < -0.4 is 10.1 Å². The highest BCUT2D eigenvalue weighted by Crippen LogP contribution is 2.33. The van der Waals surface area contributed by atoms with Crippen LogP contribution in [0.25, 0.3) is 0 Å². The van der Waals surface area contributed by atoms with E-state index < -0.39 is 28.9 Å². The first-order valence-corrected chi connectivity index (χ1v) is 9.02. The number of benzene rings is 2. The van der Waals surface area contributed by atoms with Crippen molar-refractivity contribution in [2.75, 3.05) is 7.05 Å². The van der Waals surface area contributed by atoms with Crippen LogP contribution in [0.15, 0.2) is 60.8 Å². The summed E-state index contributed by atoms with van der Waals surface area (Å²) in [6, 6.07) is 10.9. The van der Waals surface area contributed by atoms with Gasteiger partial charge in [-0.2, -0.15) is 13.2 Å². The molecule has 3 rings (SSSR count). The smallest absolute Gasteiger partial charge is 0.417 e. The maximum absolute atomic E-state index is 13.4. The zero-order valence-electron chi connectivity index (χ0n) is 16.2. The standard InChI is InChI=1S/C22H16F4N2O3/c1-27-21(30)19-12-16(8-9-28-19)31-15-5-2-13(3-6-15)10-20(29)17-11-14(23)4-7-18(17)22(24,25)26/h2-9,11-12H,10H2,1H3,(H,27,30). The van der Waals surface area contributed by atoms with E-state index in [0.717, 1.165) is 0 Å². The number of Topliss-reactive ketones (excluding diaryl/α,β-unsaturated/α-hetero) is 1. The fourth-order valence-corrected chi connectivity index (χ4v) is 2.81. The summed E-state index contributed by atoms with van der Waals surface area (Å²) in [5.74, 6) is -1.42. The molecule has 0 aliphatic heterocycles. The monoisotopic (exact) mass is 432 g/mol. The lowest BCUT2D eigenvalue weighted by Crippen LogP contribution is -2.18. The normalized spacial score (nSPS) is 11.1. The van der Waals surface area contributed by atoms with Crippen molar-refractivity contribution in [1.82, 2.24) is 10.3 Å². The first kappa shape index (κ1) is 21.9. The van der Waals surface area contributed by atoms with Crippen molar-refractivity contribution in [3.63, 3.8) is 0 Å². The second kappa shape index (κ2) is 8.95. The number of halogens is 4. The third kappa shape index (κ3) is 5.44. The van der Waals surface area contributed by atoms with Crippen molar-refractivity contribution in [3.05, 3.63) is 89.0 Å². The number of aromatic nitrogens is 1. The number of nitrogens with one attached hydrogen (secondary N) is 1. The summed E-state index contributed by atoms with van der Waals surface area (Å²) in [7, 11) is 1.47. The van der Waals surface area contributed by atoms with Gasteiger partial charge in [0.25, 0.3) is 5.91 Å². The van der Waals surface area contributed by atoms with E-state index in [-0.39, 0.29) is 18.0 Å². The molecule has 0 bridgehead atoms. The Balaban J connectivity index is 1.74. The van der Waals surface area contributed by atoms with Crippen molar-refractivity contribution < 1.29 is 31.9 Å². The molecule has 0 aliphatic carbocycles. The molecule has 1 N–H and O–H groups in total. The average Bonchev–Trinajstić information content (AvgIpc) is 2.73. The van der Waals surface area contributed by atoms with E-state index in [1.807, 2.05) is 0 Å². The van der Waals surface area contributed by atoms with Crippen LogP contribution in [-0.4, -0.2) is 23.7 Å². The van der Waals surface area contributed by atoms with Crippen LogP contribution in [0.4, 0.5) is 17.6 Å². The van der Waals surface area contributed by atoms with Crippen LogP contribution in [0.1, 0.15) is 32.0 Å². The van der Waals surface area contributed by atoms with Gasteiger partial charge in [0, 0.05) is 31.3 Å². The molecule has 31 heavy (non-hydrogen) atoms. The third-order valence-corrected chi connectivity index (χ3v) is 4.30. The SMILES string of the molecule is CNC(=O)c1cc(Oc2ccc(CC(=O)c3cc(F)ccc3C(F)(F)F)cc2)ccn1. The second-order valence-electron chi connectivity index (χ2n) is 6.49. The van der Waals surface area contributed by atoms with Gasteiger partial charge in [-0.1, -0.05) is 12.1 Å². The average molecular weight is 432 g/mol. The first-order chi connectivity index (χ1) is 14.7. The second-order valence-corrected chi connectivity index (χ2v) is 6.49. The molecule has 1 amide bonds. The van der Waals surface area contributed by atoms with Crippen molar-refractivity contribution >= 4 is 11.7 Å². The van der Waals surface area contributed by atoms with Crippen molar-refractivity contribution in [2.24, 2.45) is 0 Å². The maximum Gasteiger partial charge on any atom is 0.417 e. The summed E-state index contributed by atoms with van der Waals surface area (Å²) in [6.45, 7) is 0. The molecule has 0 unspecified atom stereocenters. The molecule has 1 aromatic heterocycles. The Morgan fingerprint density at radius 3 is 2.35 bits per heavy atom. The van der Waals surface area contributed by atoms with Crippen LogP contribution in [0.3, 0.4) is 0 Å². The topological polar surface area (TPSA) is 68.3 Å². The summed E-state index contributed by atoms with van der Waals surface area (Å²) in [6.07, 6.45) is -3.71. The maximum atomic E-state index is 13.4. The number of carbonyl (C=O) groups excluding carboxylic acids is 2. The lowest BCUT2D eigenvalue weighted by Gasteiger charge is -2.12. The Labute approximate surface area is 174 Å². The predicted molar refractivity (Wildman–Crippen MR) is 104 cm³/mol. The lowest BCUT2D eigenvalue weighted by molar-refractivity contribution is -0.137. The Bertz CT molecular complexity index is 1110. The molecule has 160 valence electrons. The van der Waals surface area contributed by atoms with Crippen LogP contribution >= 0.6 is 0 Å². The lowest BCUT2D eigenvalue weighted by atomic mass is 9.98. The van der Waals surface area contributed by atoms with Crippen LogP contribution in [0.2, 0.25) is 0 Å². The van der Waals surface area contributed by atoms with E-state index in [9.17, 15) is 27.2 Å². The Kier molecular flexibility index (Phi) is 6.33. The number of nitrogens with zero attached hydrogens (tertiary/aromatic N) is 1. The molecule has 0 spiro atoms. The van der Waals surface area contributed by atoms with Crippen LogP contribution in [-0.2, 0) is 12.6 Å². The summed E-state index contributed by atoms with van der Waals surface area (Å²) in [4.78, 5) is 28.0. The number of alkyl halides is 3. The van der Waals surface area contributed by atoms with Gasteiger partial charge in [0.1, 0.15) is 23.0 Å². The predicted octanol–water partition coefficient (Wildman–Crippen LogP) is 4.82. The van der Waals surface area contributed by atoms with Crippen molar-refractivity contribution in [3.8, 4) is 11.5 Å². The van der Waals surface area contributed by atoms with E-state index in [4.69, 9.17) is 4.74 Å². The number of ether oxygens (including phenoxy) is 1. The first-order valence-electron chi connectivity index (χ1n) is 9.02. The molecule has 3 aromatic rings. The van der Waals surface area contributed by atoms with Gasteiger partial charge in [0.15, 0.2) is 5.78 Å². The molecule has 0 saturated carbocycles. The number of hydrogen-bond donors (Lipinski definition) is 1. The highest BCUT2D eigenvalue weighted by atomic mass is 19.4.